The van der Waals surface area contributed by atoms with Crippen LogP contribution in [-0.4, -0.2) is 10.5 Å². The number of amides is 1. The Labute approximate surface area is 94.0 Å². The van der Waals surface area contributed by atoms with E-state index in [9.17, 15) is 4.79 Å². The quantitative estimate of drug-likeness (QED) is 0.463. The van der Waals surface area contributed by atoms with Gasteiger partial charge in [-0.25, -0.2) is 5.84 Å². The van der Waals surface area contributed by atoms with Crippen LogP contribution in [0, 0.1) is 6.92 Å². The molecule has 1 aromatic heterocycles. The lowest BCUT2D eigenvalue weighted by Gasteiger charge is -2.04. The Bertz CT molecular complexity index is 516. The van der Waals surface area contributed by atoms with Gasteiger partial charge >= 0.3 is 0 Å². The van der Waals surface area contributed by atoms with Crippen LogP contribution in [0.15, 0.2) is 30.5 Å². The van der Waals surface area contributed by atoms with Crippen LogP contribution in [0.4, 0.5) is 0 Å². The van der Waals surface area contributed by atoms with Crippen LogP contribution in [0.3, 0.4) is 0 Å². The molecule has 0 aliphatic rings. The highest BCUT2D eigenvalue weighted by molar-refractivity contribution is 5.81. The summed E-state index contributed by atoms with van der Waals surface area (Å²) in [6, 6.07) is 8.34. The van der Waals surface area contributed by atoms with Gasteiger partial charge in [-0.05, 0) is 30.5 Å². The molecule has 1 aromatic carbocycles. The fraction of sp³-hybridized carbons (Fsp3) is 0.250. The van der Waals surface area contributed by atoms with Gasteiger partial charge in [-0.15, -0.1) is 0 Å². The molecule has 1 heterocycles. The highest BCUT2D eigenvalue weighted by atomic mass is 16.2. The van der Waals surface area contributed by atoms with Gasteiger partial charge in [0.15, 0.2) is 0 Å². The molecule has 0 spiro atoms. The number of aryl methyl sites for hydroxylation is 2. The van der Waals surface area contributed by atoms with Crippen molar-refractivity contribution in [3.63, 3.8) is 0 Å². The maximum absolute atomic E-state index is 11.0. The number of rotatable bonds is 3. The van der Waals surface area contributed by atoms with Crippen molar-refractivity contribution < 1.29 is 4.79 Å². The van der Waals surface area contributed by atoms with Crippen LogP contribution < -0.4 is 11.3 Å². The zero-order chi connectivity index (χ0) is 11.5. The molecule has 4 nitrogen and oxygen atoms in total. The third kappa shape index (κ3) is 2.06. The highest BCUT2D eigenvalue weighted by Crippen LogP contribution is 2.17. The molecule has 84 valence electrons. The van der Waals surface area contributed by atoms with Crippen LogP contribution in [0.25, 0.3) is 10.9 Å². The zero-order valence-electron chi connectivity index (χ0n) is 9.23. The molecule has 0 fully saturated rings. The minimum absolute atomic E-state index is 0.144. The minimum atomic E-state index is -0.144. The van der Waals surface area contributed by atoms with Crippen molar-refractivity contribution in [2.24, 2.45) is 5.84 Å². The number of carbonyl (C=O) groups excluding carboxylic acids is 1. The number of nitrogens with two attached hydrogens (primary N) is 1. The number of nitrogens with zero attached hydrogens (tertiary/aromatic N) is 1. The van der Waals surface area contributed by atoms with Crippen LogP contribution >= 0.6 is 0 Å². The topological polar surface area (TPSA) is 60.0 Å². The Kier molecular flexibility index (Phi) is 2.92. The largest absolute Gasteiger partial charge is 0.347 e. The Morgan fingerprint density at radius 2 is 2.25 bits per heavy atom. The molecular weight excluding hydrogens is 202 g/mol. The van der Waals surface area contributed by atoms with E-state index in [0.29, 0.717) is 13.0 Å². The molecule has 16 heavy (non-hydrogen) atoms. The van der Waals surface area contributed by atoms with Gasteiger partial charge in [0.2, 0.25) is 5.91 Å². The molecular formula is C12H15N3O. The summed E-state index contributed by atoms with van der Waals surface area (Å²) in [5, 5.41) is 1.20. The summed E-state index contributed by atoms with van der Waals surface area (Å²) in [7, 11) is 0. The van der Waals surface area contributed by atoms with Crippen molar-refractivity contribution in [3.8, 4) is 0 Å². The van der Waals surface area contributed by atoms with Crippen LogP contribution in [0.5, 0.6) is 0 Å². The molecule has 2 rings (SSSR count). The van der Waals surface area contributed by atoms with E-state index >= 15 is 0 Å². The molecule has 2 aromatic rings. The van der Waals surface area contributed by atoms with Crippen molar-refractivity contribution in [1.82, 2.24) is 9.99 Å². The lowest BCUT2D eigenvalue weighted by molar-refractivity contribution is -0.121. The molecule has 0 aliphatic carbocycles. The second kappa shape index (κ2) is 4.37. The Morgan fingerprint density at radius 1 is 1.44 bits per heavy atom. The molecule has 3 N–H and O–H groups in total. The van der Waals surface area contributed by atoms with Gasteiger partial charge in [-0.1, -0.05) is 11.6 Å². The second-order valence-electron chi connectivity index (χ2n) is 3.89. The van der Waals surface area contributed by atoms with E-state index < -0.39 is 0 Å². The Morgan fingerprint density at radius 3 is 3.00 bits per heavy atom. The number of hydrogen-bond acceptors (Lipinski definition) is 2. The summed E-state index contributed by atoms with van der Waals surface area (Å²) in [4.78, 5) is 11.0. The van der Waals surface area contributed by atoms with Gasteiger partial charge in [0, 0.05) is 24.7 Å². The Hall–Kier alpha value is -1.81. The highest BCUT2D eigenvalue weighted by Gasteiger charge is 2.03. The summed E-state index contributed by atoms with van der Waals surface area (Å²) in [6.45, 7) is 2.72. The minimum Gasteiger partial charge on any atom is -0.347 e. The number of aromatic nitrogens is 1. The van der Waals surface area contributed by atoms with Crippen molar-refractivity contribution >= 4 is 16.8 Å². The summed E-state index contributed by atoms with van der Waals surface area (Å²) in [6.07, 6.45) is 2.39. The lowest BCUT2D eigenvalue weighted by Crippen LogP contribution is -2.30. The van der Waals surface area contributed by atoms with E-state index in [-0.39, 0.29) is 5.91 Å². The fourth-order valence-electron chi connectivity index (χ4n) is 1.81. The predicted molar refractivity (Wildman–Crippen MR) is 63.6 cm³/mol. The molecule has 0 unspecified atom stereocenters. The average molecular weight is 217 g/mol. The second-order valence-corrected chi connectivity index (χ2v) is 3.89. The lowest BCUT2D eigenvalue weighted by atomic mass is 10.2. The fourth-order valence-corrected chi connectivity index (χ4v) is 1.81. The van der Waals surface area contributed by atoms with Crippen LogP contribution in [0.2, 0.25) is 0 Å². The van der Waals surface area contributed by atoms with Crippen LogP contribution in [-0.2, 0) is 11.3 Å². The molecule has 0 aliphatic heterocycles. The molecule has 0 radical (unpaired) electrons. The molecule has 0 bridgehead atoms. The standard InChI is InChI=1S/C12H15N3O/c1-9-2-3-11-10(8-9)4-6-15(11)7-5-12(16)14-13/h2-4,6,8H,5,7,13H2,1H3,(H,14,16). The first-order valence-corrected chi connectivity index (χ1v) is 5.25. The normalized spacial score (nSPS) is 10.6. The molecule has 0 saturated carbocycles. The van der Waals surface area contributed by atoms with Gasteiger partial charge in [0.25, 0.3) is 0 Å². The molecule has 4 heteroatoms. The number of carbonyl (C=O) groups is 1. The summed E-state index contributed by atoms with van der Waals surface area (Å²) >= 11 is 0. The van der Waals surface area contributed by atoms with E-state index in [1.54, 1.807) is 0 Å². The summed E-state index contributed by atoms with van der Waals surface area (Å²) in [5.41, 5.74) is 4.52. The van der Waals surface area contributed by atoms with Crippen molar-refractivity contribution in [2.75, 3.05) is 0 Å². The number of fused-ring (bicyclic) bond motifs is 1. The van der Waals surface area contributed by atoms with Gasteiger partial charge in [-0.3, -0.25) is 10.2 Å². The van der Waals surface area contributed by atoms with E-state index in [4.69, 9.17) is 5.84 Å². The van der Waals surface area contributed by atoms with E-state index in [2.05, 4.69) is 41.2 Å². The van der Waals surface area contributed by atoms with Crippen molar-refractivity contribution in [3.05, 3.63) is 36.0 Å². The van der Waals surface area contributed by atoms with E-state index in [1.165, 1.54) is 10.9 Å². The maximum Gasteiger partial charge on any atom is 0.235 e. The van der Waals surface area contributed by atoms with Gasteiger partial charge in [0.05, 0.1) is 0 Å². The SMILES string of the molecule is Cc1ccc2c(ccn2CCC(=O)NN)c1. The molecule has 0 atom stereocenters. The van der Waals surface area contributed by atoms with Crippen molar-refractivity contribution in [1.29, 1.82) is 0 Å². The average Bonchev–Trinajstić information content (AvgIpc) is 2.68. The van der Waals surface area contributed by atoms with Gasteiger partial charge in [0.1, 0.15) is 0 Å². The molecule has 0 saturated heterocycles. The smallest absolute Gasteiger partial charge is 0.235 e. The first-order chi connectivity index (χ1) is 7.70. The first kappa shape index (κ1) is 10.7. The number of nitrogens with one attached hydrogen (secondary N) is 1. The summed E-state index contributed by atoms with van der Waals surface area (Å²) in [5.74, 6) is 4.89. The monoisotopic (exact) mass is 217 g/mol. The predicted octanol–water partition coefficient (Wildman–Crippen LogP) is 1.33. The third-order valence-corrected chi connectivity index (χ3v) is 2.67. The molecule has 1 amide bonds. The maximum atomic E-state index is 11.0. The summed E-state index contributed by atoms with van der Waals surface area (Å²) < 4.78 is 2.06. The number of hydrogen-bond donors (Lipinski definition) is 2. The third-order valence-electron chi connectivity index (χ3n) is 2.67. The zero-order valence-corrected chi connectivity index (χ0v) is 9.23. The first-order valence-electron chi connectivity index (χ1n) is 5.25. The van der Waals surface area contributed by atoms with Crippen molar-refractivity contribution in [2.45, 2.75) is 19.9 Å². The van der Waals surface area contributed by atoms with Gasteiger partial charge < -0.3 is 4.57 Å². The van der Waals surface area contributed by atoms with E-state index in [1.807, 2.05) is 6.20 Å². The van der Waals surface area contributed by atoms with Crippen LogP contribution in [0.1, 0.15) is 12.0 Å². The number of hydrazine groups is 1. The van der Waals surface area contributed by atoms with Gasteiger partial charge in [-0.2, -0.15) is 0 Å². The number of benzene rings is 1. The Balaban J connectivity index is 2.22. The van der Waals surface area contributed by atoms with E-state index in [0.717, 1.165) is 5.52 Å².